The van der Waals surface area contributed by atoms with Crippen LogP contribution in [0.3, 0.4) is 0 Å². The van der Waals surface area contributed by atoms with E-state index >= 15 is 0 Å². The van der Waals surface area contributed by atoms with Gasteiger partial charge in [0, 0.05) is 40.3 Å². The highest BCUT2D eigenvalue weighted by molar-refractivity contribution is 14.0. The normalized spacial score (nSPS) is 17.0. The number of hydrogen-bond acceptors (Lipinski definition) is 4. The number of carbonyl (C=O) groups is 1. The lowest BCUT2D eigenvalue weighted by molar-refractivity contribution is -0.127. The summed E-state index contributed by atoms with van der Waals surface area (Å²) in [4.78, 5) is 17.3. The summed E-state index contributed by atoms with van der Waals surface area (Å²) in [6, 6.07) is 0. The first-order valence-electron chi connectivity index (χ1n) is 8.77. The maximum absolute atomic E-state index is 12.6. The lowest BCUT2D eigenvalue weighted by Gasteiger charge is -2.31. The topological polar surface area (TPSA) is 94.1 Å². The van der Waals surface area contributed by atoms with Gasteiger partial charge in [-0.1, -0.05) is 6.92 Å². The molecule has 1 saturated heterocycles. The predicted molar refractivity (Wildman–Crippen MR) is 112 cm³/mol. The monoisotopic (exact) mass is 543 g/mol. The first-order chi connectivity index (χ1) is 12.5. The Kier molecular flexibility index (Phi) is 11.6. The molecule has 0 radical (unpaired) electrons. The largest absolute Gasteiger partial charge is 0.511 e. The van der Waals surface area contributed by atoms with Crippen molar-refractivity contribution in [1.82, 2.24) is 19.8 Å². The Morgan fingerprint density at radius 2 is 1.79 bits per heavy atom. The molecule has 0 unspecified atom stereocenters. The van der Waals surface area contributed by atoms with Crippen LogP contribution in [0.5, 0.6) is 0 Å². The molecule has 1 amide bonds. The van der Waals surface area contributed by atoms with E-state index < -0.39 is 15.5 Å². The van der Waals surface area contributed by atoms with Gasteiger partial charge >= 0.3 is 15.5 Å². The summed E-state index contributed by atoms with van der Waals surface area (Å²) in [5.41, 5.74) is -5.26. The van der Waals surface area contributed by atoms with E-state index in [1.807, 2.05) is 6.92 Å². The number of carbonyl (C=O) groups excluding carboxylic acids is 1. The molecule has 0 bridgehead atoms. The van der Waals surface area contributed by atoms with Gasteiger partial charge in [0.15, 0.2) is 5.96 Å². The molecule has 13 heteroatoms. The third kappa shape index (κ3) is 8.27. The van der Waals surface area contributed by atoms with Crippen LogP contribution in [0.15, 0.2) is 4.99 Å². The Balaban J connectivity index is 0.00000729. The average Bonchev–Trinajstić information content (AvgIpc) is 2.60. The van der Waals surface area contributed by atoms with E-state index in [0.717, 1.165) is 6.42 Å². The van der Waals surface area contributed by atoms with E-state index in [-0.39, 0.29) is 55.4 Å². The van der Waals surface area contributed by atoms with Crippen LogP contribution in [0.2, 0.25) is 0 Å². The highest BCUT2D eigenvalue weighted by Crippen LogP contribution is 2.30. The quantitative estimate of drug-likeness (QED) is 0.286. The summed E-state index contributed by atoms with van der Waals surface area (Å²) in [5.74, 6) is 0.318. The van der Waals surface area contributed by atoms with Gasteiger partial charge in [0.05, 0.1) is 0 Å². The Morgan fingerprint density at radius 1 is 1.21 bits per heavy atom. The van der Waals surface area contributed by atoms with Crippen molar-refractivity contribution in [2.75, 3.05) is 46.8 Å². The van der Waals surface area contributed by atoms with E-state index in [0.29, 0.717) is 36.2 Å². The van der Waals surface area contributed by atoms with Crippen LogP contribution in [0.1, 0.15) is 26.2 Å². The lowest BCUT2D eigenvalue weighted by atomic mass is 9.98. The maximum Gasteiger partial charge on any atom is 0.511 e. The van der Waals surface area contributed by atoms with E-state index in [4.69, 9.17) is 0 Å². The number of piperidine rings is 1. The molecule has 166 valence electrons. The third-order valence-electron chi connectivity index (χ3n) is 4.18. The summed E-state index contributed by atoms with van der Waals surface area (Å²) >= 11 is 0. The van der Waals surface area contributed by atoms with Gasteiger partial charge in [0.2, 0.25) is 5.91 Å². The van der Waals surface area contributed by atoms with Crippen molar-refractivity contribution >= 4 is 45.9 Å². The van der Waals surface area contributed by atoms with E-state index in [9.17, 15) is 26.4 Å². The zero-order chi connectivity index (χ0) is 20.7. The van der Waals surface area contributed by atoms with Crippen LogP contribution in [0.25, 0.3) is 0 Å². The molecule has 0 aromatic rings. The number of sulfonamides is 1. The van der Waals surface area contributed by atoms with Gasteiger partial charge in [0.25, 0.3) is 0 Å². The molecule has 8 nitrogen and oxygen atoms in total. The molecule has 1 aliphatic rings. The lowest BCUT2D eigenvalue weighted by Crippen LogP contribution is -2.47. The first kappa shape index (κ1) is 27.2. The van der Waals surface area contributed by atoms with Gasteiger partial charge in [-0.3, -0.25) is 4.79 Å². The van der Waals surface area contributed by atoms with Crippen molar-refractivity contribution in [3.05, 3.63) is 0 Å². The summed E-state index contributed by atoms with van der Waals surface area (Å²) in [7, 11) is -1.99. The summed E-state index contributed by atoms with van der Waals surface area (Å²) in [5, 5.41) is 6.15. The van der Waals surface area contributed by atoms with Crippen LogP contribution in [-0.2, 0) is 14.8 Å². The molecule has 0 spiro atoms. The Labute approximate surface area is 181 Å². The fourth-order valence-corrected chi connectivity index (χ4v) is 3.43. The molecule has 1 rings (SSSR count). The first-order valence-corrected chi connectivity index (χ1v) is 10.2. The maximum atomic E-state index is 12.6. The molecule has 0 saturated carbocycles. The fourth-order valence-electron chi connectivity index (χ4n) is 2.45. The minimum absolute atomic E-state index is 0. The van der Waals surface area contributed by atoms with Gasteiger partial charge in [-0.05, 0) is 25.2 Å². The number of hydrogen-bond donors (Lipinski definition) is 2. The second kappa shape index (κ2) is 12.0. The Morgan fingerprint density at radius 3 is 2.25 bits per heavy atom. The van der Waals surface area contributed by atoms with E-state index in [1.165, 1.54) is 4.90 Å². The summed E-state index contributed by atoms with van der Waals surface area (Å²) < 4.78 is 61.1. The molecular weight excluding hydrogens is 514 g/mol. The number of guanidine groups is 1. The summed E-state index contributed by atoms with van der Waals surface area (Å²) in [6.45, 7) is 2.72. The third-order valence-corrected chi connectivity index (χ3v) is 5.81. The average molecular weight is 543 g/mol. The minimum atomic E-state index is -5.26. The van der Waals surface area contributed by atoms with Crippen molar-refractivity contribution in [2.45, 2.75) is 31.7 Å². The smallest absolute Gasteiger partial charge is 0.356 e. The number of rotatable bonds is 7. The molecule has 2 N–H and O–H groups in total. The number of aliphatic imine (C=N–C) groups is 1. The van der Waals surface area contributed by atoms with Crippen LogP contribution < -0.4 is 10.6 Å². The molecule has 0 aromatic heterocycles. The van der Waals surface area contributed by atoms with E-state index in [1.54, 1.807) is 14.1 Å². The number of halogens is 4. The SMILES string of the molecule is CCCNC(=NCC(=O)N(C)C)NCC1CCN(S(=O)(=O)C(F)(F)F)CC1.I. The zero-order valence-corrected chi connectivity index (χ0v) is 19.4. The molecular formula is C15H29F3IN5O3S. The number of amides is 1. The van der Waals surface area contributed by atoms with Crippen LogP contribution in [0.4, 0.5) is 13.2 Å². The van der Waals surface area contributed by atoms with Crippen LogP contribution in [-0.4, -0.2) is 81.8 Å². The van der Waals surface area contributed by atoms with Crippen molar-refractivity contribution in [3.63, 3.8) is 0 Å². The molecule has 0 aliphatic carbocycles. The standard InChI is InChI=1S/C15H28F3N5O3S.HI/c1-4-7-19-14(21-11-13(24)22(2)3)20-10-12-5-8-23(9-6-12)27(25,26)15(16,17)18;/h12H,4-11H2,1-3H3,(H2,19,20,21);1H. The van der Waals surface area contributed by atoms with Gasteiger partial charge in [-0.15, -0.1) is 24.0 Å². The molecule has 1 fully saturated rings. The number of nitrogens with zero attached hydrogens (tertiary/aromatic N) is 3. The van der Waals surface area contributed by atoms with Crippen molar-refractivity contribution in [2.24, 2.45) is 10.9 Å². The number of nitrogens with one attached hydrogen (secondary N) is 2. The Bertz CT molecular complexity index is 621. The molecule has 0 atom stereocenters. The van der Waals surface area contributed by atoms with Crippen LogP contribution >= 0.6 is 24.0 Å². The fraction of sp³-hybridized carbons (Fsp3) is 0.867. The molecule has 1 aliphatic heterocycles. The van der Waals surface area contributed by atoms with Crippen molar-refractivity contribution in [1.29, 1.82) is 0 Å². The summed E-state index contributed by atoms with van der Waals surface area (Å²) in [6.07, 6.45) is 1.50. The van der Waals surface area contributed by atoms with Crippen molar-refractivity contribution in [3.8, 4) is 0 Å². The Hall–Kier alpha value is -0.830. The highest BCUT2D eigenvalue weighted by atomic mass is 127. The van der Waals surface area contributed by atoms with Gasteiger partial charge in [0.1, 0.15) is 6.54 Å². The van der Waals surface area contributed by atoms with Crippen LogP contribution in [0, 0.1) is 5.92 Å². The van der Waals surface area contributed by atoms with Crippen molar-refractivity contribution < 1.29 is 26.4 Å². The highest BCUT2D eigenvalue weighted by Gasteiger charge is 2.50. The second-order valence-electron chi connectivity index (χ2n) is 6.55. The van der Waals surface area contributed by atoms with E-state index in [2.05, 4.69) is 15.6 Å². The number of alkyl halides is 3. The predicted octanol–water partition coefficient (Wildman–Crippen LogP) is 1.20. The molecule has 0 aromatic carbocycles. The van der Waals surface area contributed by atoms with Gasteiger partial charge in [-0.2, -0.15) is 17.5 Å². The number of likely N-dealkylation sites (N-methyl/N-ethyl adjacent to an activating group) is 1. The zero-order valence-electron chi connectivity index (χ0n) is 16.3. The van der Waals surface area contributed by atoms with Gasteiger partial charge in [-0.25, -0.2) is 13.4 Å². The van der Waals surface area contributed by atoms with Gasteiger partial charge < -0.3 is 15.5 Å². The minimum Gasteiger partial charge on any atom is -0.356 e. The second-order valence-corrected chi connectivity index (χ2v) is 8.48. The molecule has 28 heavy (non-hydrogen) atoms. The molecule has 1 heterocycles.